The van der Waals surface area contributed by atoms with Gasteiger partial charge in [-0.1, -0.05) is 6.07 Å². The largest absolute Gasteiger partial charge is 0.271 e. The molecule has 0 amide bonds. The molecule has 84 valence electrons. The van der Waals surface area contributed by atoms with Crippen molar-refractivity contribution in [3.8, 4) is 0 Å². The van der Waals surface area contributed by atoms with Gasteiger partial charge in [-0.05, 0) is 24.3 Å². The Morgan fingerprint density at radius 3 is 3.00 bits per heavy atom. The predicted octanol–water partition coefficient (Wildman–Crippen LogP) is 1.68. The second-order valence-corrected chi connectivity index (χ2v) is 4.50. The van der Waals surface area contributed by atoms with Crippen LogP contribution in [0.3, 0.4) is 0 Å². The number of hydrazine groups is 1. The van der Waals surface area contributed by atoms with Gasteiger partial charge in [0.05, 0.1) is 17.9 Å². The van der Waals surface area contributed by atoms with E-state index in [9.17, 15) is 0 Å². The maximum Gasteiger partial charge on any atom is 0.0769 e. The van der Waals surface area contributed by atoms with E-state index in [2.05, 4.69) is 32.9 Å². The van der Waals surface area contributed by atoms with Crippen LogP contribution in [0.15, 0.2) is 36.1 Å². The molecule has 1 unspecified atom stereocenters. The molecule has 5 heteroatoms. The Bertz CT molecular complexity index is 401. The Morgan fingerprint density at radius 2 is 2.38 bits per heavy atom. The predicted molar refractivity (Wildman–Crippen MR) is 64.7 cm³/mol. The van der Waals surface area contributed by atoms with E-state index in [1.165, 1.54) is 4.88 Å². The lowest BCUT2D eigenvalue weighted by Crippen LogP contribution is -2.29. The molecule has 2 aromatic rings. The van der Waals surface area contributed by atoms with Crippen LogP contribution in [0.1, 0.15) is 23.0 Å². The monoisotopic (exact) mass is 234 g/mol. The van der Waals surface area contributed by atoms with Crippen molar-refractivity contribution in [2.24, 2.45) is 5.84 Å². The van der Waals surface area contributed by atoms with E-state index in [-0.39, 0.29) is 6.04 Å². The number of hydrogen-bond donors (Lipinski definition) is 2. The molecule has 2 aromatic heterocycles. The molecule has 0 aliphatic carbocycles. The minimum absolute atomic E-state index is 0.0656. The summed E-state index contributed by atoms with van der Waals surface area (Å²) in [5.74, 6) is 5.53. The third kappa shape index (κ3) is 2.85. The standard InChI is InChI=1S/C11H14N4S/c12-15-10(11-8-13-5-6-14-11)4-3-9-2-1-7-16-9/h1-2,5-8,10,15H,3-4,12H2. The van der Waals surface area contributed by atoms with E-state index in [0.29, 0.717) is 0 Å². The molecule has 4 nitrogen and oxygen atoms in total. The van der Waals surface area contributed by atoms with Gasteiger partial charge >= 0.3 is 0 Å². The lowest BCUT2D eigenvalue weighted by molar-refractivity contribution is 0.504. The summed E-state index contributed by atoms with van der Waals surface area (Å²) in [6.07, 6.45) is 7.03. The second-order valence-electron chi connectivity index (χ2n) is 3.47. The molecule has 1 atom stereocenters. The van der Waals surface area contributed by atoms with Gasteiger partial charge in [0.1, 0.15) is 0 Å². The fraction of sp³-hybridized carbons (Fsp3) is 0.273. The summed E-state index contributed by atoms with van der Waals surface area (Å²) in [5.41, 5.74) is 3.67. The number of nitrogens with zero attached hydrogens (tertiary/aromatic N) is 2. The Labute approximate surface area is 98.5 Å². The molecule has 2 heterocycles. The molecule has 0 aliphatic heterocycles. The van der Waals surface area contributed by atoms with Crippen molar-refractivity contribution in [2.75, 3.05) is 0 Å². The fourth-order valence-corrected chi connectivity index (χ4v) is 2.27. The third-order valence-electron chi connectivity index (χ3n) is 2.40. The molecule has 0 radical (unpaired) electrons. The highest BCUT2D eigenvalue weighted by Crippen LogP contribution is 2.18. The van der Waals surface area contributed by atoms with Gasteiger partial charge in [-0.3, -0.25) is 21.2 Å². The first-order valence-corrected chi connectivity index (χ1v) is 6.02. The molecule has 0 saturated carbocycles. The smallest absolute Gasteiger partial charge is 0.0769 e. The van der Waals surface area contributed by atoms with Crippen LogP contribution in [-0.2, 0) is 6.42 Å². The molecule has 0 fully saturated rings. The van der Waals surface area contributed by atoms with Crippen LogP contribution in [0, 0.1) is 0 Å². The average Bonchev–Trinajstić information content (AvgIpc) is 2.84. The van der Waals surface area contributed by atoms with Crippen LogP contribution in [0.25, 0.3) is 0 Å². The topological polar surface area (TPSA) is 63.8 Å². The van der Waals surface area contributed by atoms with Crippen molar-refractivity contribution >= 4 is 11.3 Å². The summed E-state index contributed by atoms with van der Waals surface area (Å²) in [6, 6.07) is 4.26. The van der Waals surface area contributed by atoms with Crippen LogP contribution in [-0.4, -0.2) is 9.97 Å². The molecule has 16 heavy (non-hydrogen) atoms. The van der Waals surface area contributed by atoms with Crippen LogP contribution < -0.4 is 11.3 Å². The Hall–Kier alpha value is -1.30. The van der Waals surface area contributed by atoms with E-state index in [1.807, 2.05) is 0 Å². The van der Waals surface area contributed by atoms with Gasteiger partial charge in [-0.25, -0.2) is 0 Å². The van der Waals surface area contributed by atoms with Crippen LogP contribution in [0.5, 0.6) is 0 Å². The molecule has 0 saturated heterocycles. The summed E-state index contributed by atoms with van der Waals surface area (Å²) >= 11 is 1.77. The molecular weight excluding hydrogens is 220 g/mol. The zero-order valence-electron chi connectivity index (χ0n) is 8.84. The number of aromatic nitrogens is 2. The van der Waals surface area contributed by atoms with Crippen molar-refractivity contribution in [1.82, 2.24) is 15.4 Å². The summed E-state index contributed by atoms with van der Waals surface area (Å²) in [6.45, 7) is 0. The number of aryl methyl sites for hydroxylation is 1. The van der Waals surface area contributed by atoms with Crippen LogP contribution in [0.4, 0.5) is 0 Å². The number of nitrogens with two attached hydrogens (primary N) is 1. The van der Waals surface area contributed by atoms with Crippen molar-refractivity contribution in [2.45, 2.75) is 18.9 Å². The Balaban J connectivity index is 1.96. The van der Waals surface area contributed by atoms with Gasteiger partial charge < -0.3 is 0 Å². The molecular formula is C11H14N4S. The van der Waals surface area contributed by atoms with Gasteiger partial charge in [-0.2, -0.15) is 0 Å². The first kappa shape index (κ1) is 11.2. The van der Waals surface area contributed by atoms with Crippen molar-refractivity contribution in [1.29, 1.82) is 0 Å². The van der Waals surface area contributed by atoms with Crippen molar-refractivity contribution in [3.63, 3.8) is 0 Å². The maximum atomic E-state index is 5.53. The first-order valence-electron chi connectivity index (χ1n) is 5.14. The molecule has 0 aromatic carbocycles. The van der Waals surface area contributed by atoms with Crippen molar-refractivity contribution < 1.29 is 0 Å². The maximum absolute atomic E-state index is 5.53. The SMILES string of the molecule is NNC(CCc1cccs1)c1cnccn1. The summed E-state index contributed by atoms with van der Waals surface area (Å²) in [5, 5.41) is 2.09. The van der Waals surface area contributed by atoms with E-state index >= 15 is 0 Å². The van der Waals surface area contributed by atoms with Crippen LogP contribution in [0.2, 0.25) is 0 Å². The first-order chi connectivity index (χ1) is 7.90. The van der Waals surface area contributed by atoms with Gasteiger partial charge in [0.15, 0.2) is 0 Å². The number of hydrogen-bond acceptors (Lipinski definition) is 5. The lowest BCUT2D eigenvalue weighted by Gasteiger charge is -2.13. The summed E-state index contributed by atoms with van der Waals surface area (Å²) < 4.78 is 0. The lowest BCUT2D eigenvalue weighted by atomic mass is 10.1. The summed E-state index contributed by atoms with van der Waals surface area (Å²) in [4.78, 5) is 9.66. The third-order valence-corrected chi connectivity index (χ3v) is 3.34. The zero-order chi connectivity index (χ0) is 11.2. The van der Waals surface area contributed by atoms with Crippen molar-refractivity contribution in [3.05, 3.63) is 46.7 Å². The minimum Gasteiger partial charge on any atom is -0.271 e. The number of thiophene rings is 1. The van der Waals surface area contributed by atoms with Gasteiger partial charge in [0.25, 0.3) is 0 Å². The van der Waals surface area contributed by atoms with Crippen LogP contribution >= 0.6 is 11.3 Å². The quantitative estimate of drug-likeness (QED) is 0.610. The molecule has 2 rings (SSSR count). The number of rotatable bonds is 5. The molecule has 3 N–H and O–H groups in total. The highest BCUT2D eigenvalue weighted by molar-refractivity contribution is 7.09. The fourth-order valence-electron chi connectivity index (χ4n) is 1.55. The van der Waals surface area contributed by atoms with E-state index in [1.54, 1.807) is 29.9 Å². The second kappa shape index (κ2) is 5.69. The highest BCUT2D eigenvalue weighted by Gasteiger charge is 2.11. The number of nitrogens with one attached hydrogen (secondary N) is 1. The van der Waals surface area contributed by atoms with Gasteiger partial charge in [-0.15, -0.1) is 11.3 Å². The molecule has 0 aliphatic rings. The average molecular weight is 234 g/mol. The van der Waals surface area contributed by atoms with Gasteiger partial charge in [0.2, 0.25) is 0 Å². The zero-order valence-corrected chi connectivity index (χ0v) is 9.65. The summed E-state index contributed by atoms with van der Waals surface area (Å²) in [7, 11) is 0. The van der Waals surface area contributed by atoms with E-state index in [0.717, 1.165) is 18.5 Å². The van der Waals surface area contributed by atoms with E-state index in [4.69, 9.17) is 5.84 Å². The Morgan fingerprint density at radius 1 is 1.44 bits per heavy atom. The van der Waals surface area contributed by atoms with Gasteiger partial charge in [0, 0.05) is 17.3 Å². The molecule has 0 bridgehead atoms. The molecule has 0 spiro atoms. The highest BCUT2D eigenvalue weighted by atomic mass is 32.1. The normalized spacial score (nSPS) is 12.6. The Kier molecular flexibility index (Phi) is 3.98. The minimum atomic E-state index is 0.0656. The van der Waals surface area contributed by atoms with E-state index < -0.39 is 0 Å².